The quantitative estimate of drug-likeness (QED) is 0.298. The number of hydrogen-bond donors (Lipinski definition) is 1. The molecule has 1 fully saturated rings. The SMILES string of the molecule is COc1ccc(S(=O)(=O)c2c[nH]c3ccc(F)cc23)cc1[N+]1([O-])CCN(C(=O)C(Cl)(Cl)Cl)CC1. The number of amides is 1. The number of nitrogens with one attached hydrogen (secondary N) is 1. The van der Waals surface area contributed by atoms with Crippen LogP contribution in [0.1, 0.15) is 0 Å². The van der Waals surface area contributed by atoms with Gasteiger partial charge in [-0.25, -0.2) is 12.8 Å². The van der Waals surface area contributed by atoms with Crippen molar-refractivity contribution in [2.24, 2.45) is 0 Å². The molecule has 0 spiro atoms. The van der Waals surface area contributed by atoms with E-state index in [4.69, 9.17) is 39.5 Å². The largest absolute Gasteiger partial charge is 0.627 e. The van der Waals surface area contributed by atoms with E-state index in [1.54, 1.807) is 0 Å². The second kappa shape index (κ2) is 8.85. The second-order valence-corrected chi connectivity index (χ2v) is 12.0. The van der Waals surface area contributed by atoms with Crippen LogP contribution in [0.15, 0.2) is 52.4 Å². The van der Waals surface area contributed by atoms with Crippen LogP contribution in [-0.2, 0) is 14.6 Å². The zero-order valence-electron chi connectivity index (χ0n) is 17.7. The summed E-state index contributed by atoms with van der Waals surface area (Å²) >= 11 is 17.0. The van der Waals surface area contributed by atoms with Gasteiger partial charge in [0.1, 0.15) is 18.9 Å². The third kappa shape index (κ3) is 4.46. The first kappa shape index (κ1) is 25.0. The molecule has 34 heavy (non-hydrogen) atoms. The minimum Gasteiger partial charge on any atom is -0.627 e. The lowest BCUT2D eigenvalue weighted by molar-refractivity contribution is -0.131. The molecule has 13 heteroatoms. The molecule has 1 N–H and O–H groups in total. The van der Waals surface area contributed by atoms with E-state index in [9.17, 15) is 22.8 Å². The molecule has 0 saturated carbocycles. The monoisotopic (exact) mass is 549 g/mol. The lowest BCUT2D eigenvalue weighted by Crippen LogP contribution is -2.59. The Hall–Kier alpha value is -2.08. The van der Waals surface area contributed by atoms with Crippen LogP contribution in [0.2, 0.25) is 0 Å². The predicted molar refractivity (Wildman–Crippen MR) is 128 cm³/mol. The van der Waals surface area contributed by atoms with E-state index in [0.717, 1.165) is 6.07 Å². The lowest BCUT2D eigenvalue weighted by atomic mass is 10.2. The Morgan fingerprint density at radius 3 is 2.47 bits per heavy atom. The van der Waals surface area contributed by atoms with Gasteiger partial charge in [-0.1, -0.05) is 34.8 Å². The fraction of sp³-hybridized carbons (Fsp3) is 0.286. The minimum absolute atomic E-state index is 0.00188. The Morgan fingerprint density at radius 1 is 1.18 bits per heavy atom. The summed E-state index contributed by atoms with van der Waals surface area (Å²) < 4.78 is 42.9. The maximum atomic E-state index is 13.8. The number of ether oxygens (including phenoxy) is 1. The molecule has 1 aliphatic heterocycles. The molecule has 1 aliphatic rings. The molecule has 1 aromatic heterocycles. The molecule has 4 rings (SSSR count). The van der Waals surface area contributed by atoms with Crippen molar-refractivity contribution in [1.29, 1.82) is 0 Å². The number of fused-ring (bicyclic) bond motifs is 1. The number of nitrogens with zero attached hydrogens (tertiary/aromatic N) is 2. The molecule has 0 aliphatic carbocycles. The third-order valence-electron chi connectivity index (χ3n) is 5.79. The molecule has 0 atom stereocenters. The first-order chi connectivity index (χ1) is 15.9. The Morgan fingerprint density at radius 2 is 1.85 bits per heavy atom. The number of piperazine rings is 1. The van der Waals surface area contributed by atoms with E-state index >= 15 is 0 Å². The highest BCUT2D eigenvalue weighted by molar-refractivity contribution is 7.91. The number of methoxy groups -OCH3 is 1. The molecule has 2 aromatic carbocycles. The number of hydroxylamine groups is 2. The number of alkyl halides is 3. The first-order valence-electron chi connectivity index (χ1n) is 10.0. The standard InChI is InChI=1S/C21H19Cl3FN3O5S/c1-33-18-5-3-14(34(31,32)19-12-26-16-4-2-13(25)10-15(16)19)11-17(18)28(30)8-6-27(7-9-28)20(29)21(22,23)24/h2-5,10-12,26H,6-9H2,1H3. The molecule has 0 radical (unpaired) electrons. The van der Waals surface area contributed by atoms with Crippen LogP contribution in [0, 0.1) is 11.0 Å². The summed E-state index contributed by atoms with van der Waals surface area (Å²) in [6.07, 6.45) is 1.28. The van der Waals surface area contributed by atoms with Gasteiger partial charge in [-0.3, -0.25) is 4.79 Å². The van der Waals surface area contributed by atoms with Crippen molar-refractivity contribution < 1.29 is 22.3 Å². The molecule has 8 nitrogen and oxygen atoms in total. The van der Waals surface area contributed by atoms with Crippen molar-refractivity contribution in [3.63, 3.8) is 0 Å². The smallest absolute Gasteiger partial charge is 0.275 e. The van der Waals surface area contributed by atoms with Crippen LogP contribution in [0.5, 0.6) is 5.75 Å². The van der Waals surface area contributed by atoms with Gasteiger partial charge in [0.2, 0.25) is 9.84 Å². The number of rotatable bonds is 4. The molecular weight excluding hydrogens is 532 g/mol. The summed E-state index contributed by atoms with van der Waals surface area (Å²) in [5.74, 6) is -1.12. The molecule has 0 bridgehead atoms. The fourth-order valence-electron chi connectivity index (χ4n) is 3.98. The second-order valence-electron chi connectivity index (χ2n) is 7.81. The van der Waals surface area contributed by atoms with Crippen LogP contribution in [0.4, 0.5) is 10.1 Å². The molecule has 1 saturated heterocycles. The number of carbonyl (C=O) groups is 1. The molecule has 3 aromatic rings. The van der Waals surface area contributed by atoms with Gasteiger partial charge >= 0.3 is 0 Å². The highest BCUT2D eigenvalue weighted by Crippen LogP contribution is 2.39. The molecular formula is C21H19Cl3FN3O5S. The van der Waals surface area contributed by atoms with Crippen molar-refractivity contribution in [1.82, 2.24) is 14.5 Å². The topological polar surface area (TPSA) is 103 Å². The molecule has 0 unspecified atom stereocenters. The van der Waals surface area contributed by atoms with Gasteiger partial charge in [-0.2, -0.15) is 0 Å². The first-order valence-corrected chi connectivity index (χ1v) is 12.6. The number of quaternary nitrogens is 1. The number of sulfone groups is 1. The maximum Gasteiger partial charge on any atom is 0.275 e. The fourth-order valence-corrected chi connectivity index (χ4v) is 5.78. The van der Waals surface area contributed by atoms with Crippen LogP contribution >= 0.6 is 34.8 Å². The van der Waals surface area contributed by atoms with Crippen LogP contribution in [0.25, 0.3) is 10.9 Å². The normalized spacial score (nSPS) is 16.6. The Balaban J connectivity index is 1.71. The number of aromatic amines is 1. The van der Waals surface area contributed by atoms with E-state index in [1.807, 2.05) is 0 Å². The molecule has 182 valence electrons. The molecule has 2 heterocycles. The van der Waals surface area contributed by atoms with E-state index < -0.39 is 30.0 Å². The third-order valence-corrected chi connectivity index (χ3v) is 8.06. The maximum absolute atomic E-state index is 13.8. The Labute approximate surface area is 209 Å². The van der Waals surface area contributed by atoms with Crippen LogP contribution in [-0.4, -0.2) is 61.3 Å². The zero-order chi connectivity index (χ0) is 24.9. The van der Waals surface area contributed by atoms with Crippen molar-refractivity contribution in [3.8, 4) is 5.75 Å². The van der Waals surface area contributed by atoms with Crippen molar-refractivity contribution in [3.05, 3.63) is 53.6 Å². The summed E-state index contributed by atoms with van der Waals surface area (Å²) in [6, 6.07) is 7.77. The van der Waals surface area contributed by atoms with Gasteiger partial charge in [0.25, 0.3) is 9.70 Å². The highest BCUT2D eigenvalue weighted by Gasteiger charge is 2.40. The average Bonchev–Trinajstić information content (AvgIpc) is 3.22. The van der Waals surface area contributed by atoms with E-state index in [1.165, 1.54) is 48.5 Å². The number of carbonyl (C=O) groups excluding carboxylic acids is 1. The summed E-state index contributed by atoms with van der Waals surface area (Å²) in [5.41, 5.74) is 0.534. The van der Waals surface area contributed by atoms with Gasteiger partial charge in [-0.05, 0) is 30.3 Å². The minimum atomic E-state index is -4.11. The van der Waals surface area contributed by atoms with Gasteiger partial charge in [0, 0.05) is 23.2 Å². The van der Waals surface area contributed by atoms with Gasteiger partial charge in [-0.15, -0.1) is 0 Å². The summed E-state index contributed by atoms with van der Waals surface area (Å²) in [7, 11) is -2.75. The van der Waals surface area contributed by atoms with Crippen molar-refractivity contribution in [2.75, 3.05) is 33.3 Å². The van der Waals surface area contributed by atoms with Gasteiger partial charge in [0.15, 0.2) is 11.4 Å². The van der Waals surface area contributed by atoms with E-state index in [-0.39, 0.29) is 52.8 Å². The van der Waals surface area contributed by atoms with Crippen molar-refractivity contribution in [2.45, 2.75) is 13.6 Å². The summed E-state index contributed by atoms with van der Waals surface area (Å²) in [4.78, 5) is 16.1. The van der Waals surface area contributed by atoms with E-state index in [0.29, 0.717) is 5.52 Å². The van der Waals surface area contributed by atoms with Crippen LogP contribution in [0.3, 0.4) is 0 Å². The number of H-pyrrole nitrogens is 1. The summed E-state index contributed by atoms with van der Waals surface area (Å²) in [6.45, 7) is -0.217. The number of benzene rings is 2. The number of halogens is 4. The summed E-state index contributed by atoms with van der Waals surface area (Å²) in [5, 5.41) is 13.9. The predicted octanol–water partition coefficient (Wildman–Crippen LogP) is 4.17. The Bertz CT molecular complexity index is 1370. The van der Waals surface area contributed by atoms with E-state index in [2.05, 4.69) is 4.98 Å². The van der Waals surface area contributed by atoms with Gasteiger partial charge in [0.05, 0.1) is 30.0 Å². The average molecular weight is 551 g/mol. The molecule has 1 amide bonds. The van der Waals surface area contributed by atoms with Crippen molar-refractivity contribution >= 4 is 67.1 Å². The number of aromatic nitrogens is 1. The zero-order valence-corrected chi connectivity index (χ0v) is 20.8. The Kier molecular flexibility index (Phi) is 6.52. The highest BCUT2D eigenvalue weighted by atomic mass is 35.6. The van der Waals surface area contributed by atoms with Crippen LogP contribution < -0.4 is 9.38 Å². The van der Waals surface area contributed by atoms with Gasteiger partial charge < -0.3 is 24.5 Å². The number of hydrogen-bond acceptors (Lipinski definition) is 5. The lowest BCUT2D eigenvalue weighted by Gasteiger charge is -2.48.